The van der Waals surface area contributed by atoms with Crippen molar-refractivity contribution in [2.24, 2.45) is 0 Å². The van der Waals surface area contributed by atoms with Gasteiger partial charge in [0.25, 0.3) is 0 Å². The van der Waals surface area contributed by atoms with Crippen LogP contribution in [0.3, 0.4) is 0 Å². The van der Waals surface area contributed by atoms with E-state index in [0.29, 0.717) is 0 Å². The van der Waals surface area contributed by atoms with Crippen LogP contribution in [0, 0.1) is 11.8 Å². The molecule has 1 aliphatic heterocycles. The monoisotopic (exact) mass is 275 g/mol. The molecule has 1 saturated heterocycles. The summed E-state index contributed by atoms with van der Waals surface area (Å²) in [6.45, 7) is 5.42. The average molecular weight is 275 g/mol. The quantitative estimate of drug-likeness (QED) is 0.843. The number of methoxy groups -OCH3 is 1. The van der Waals surface area contributed by atoms with Gasteiger partial charge >= 0.3 is 0 Å². The van der Waals surface area contributed by atoms with Gasteiger partial charge in [-0.3, -0.25) is 4.90 Å². The largest absolute Gasteiger partial charge is 0.496 e. The SMILES string of the molecule is COc1ccc(C#CCO)cc1CN1CCOC(C)C1. The zero-order valence-electron chi connectivity index (χ0n) is 12.1. The molecule has 0 amide bonds. The summed E-state index contributed by atoms with van der Waals surface area (Å²) in [5.41, 5.74) is 2.02. The lowest BCUT2D eigenvalue weighted by Gasteiger charge is -2.31. The molecule has 0 aliphatic carbocycles. The number of aliphatic hydroxyl groups is 1. The van der Waals surface area contributed by atoms with Crippen LogP contribution >= 0.6 is 0 Å². The minimum Gasteiger partial charge on any atom is -0.496 e. The summed E-state index contributed by atoms with van der Waals surface area (Å²) >= 11 is 0. The van der Waals surface area contributed by atoms with Gasteiger partial charge in [0.05, 0.1) is 19.8 Å². The molecule has 1 unspecified atom stereocenters. The van der Waals surface area contributed by atoms with Gasteiger partial charge in [-0.1, -0.05) is 11.8 Å². The Morgan fingerprint density at radius 1 is 1.50 bits per heavy atom. The third-order valence-corrected chi connectivity index (χ3v) is 3.31. The van der Waals surface area contributed by atoms with E-state index in [1.807, 2.05) is 18.2 Å². The van der Waals surface area contributed by atoms with Crippen molar-refractivity contribution in [3.05, 3.63) is 29.3 Å². The van der Waals surface area contributed by atoms with Gasteiger partial charge in [-0.2, -0.15) is 0 Å². The molecule has 1 aliphatic rings. The molecule has 1 aromatic carbocycles. The maximum Gasteiger partial charge on any atom is 0.123 e. The minimum absolute atomic E-state index is 0.123. The summed E-state index contributed by atoms with van der Waals surface area (Å²) < 4.78 is 11.0. The van der Waals surface area contributed by atoms with Crippen molar-refractivity contribution in [3.63, 3.8) is 0 Å². The molecule has 4 heteroatoms. The molecule has 0 bridgehead atoms. The lowest BCUT2D eigenvalue weighted by atomic mass is 10.1. The molecule has 20 heavy (non-hydrogen) atoms. The highest BCUT2D eigenvalue weighted by molar-refractivity contribution is 5.44. The van der Waals surface area contributed by atoms with E-state index in [0.717, 1.165) is 43.1 Å². The van der Waals surface area contributed by atoms with Crippen LogP contribution in [0.15, 0.2) is 18.2 Å². The van der Waals surface area contributed by atoms with Crippen LogP contribution in [-0.2, 0) is 11.3 Å². The first kappa shape index (κ1) is 14.9. The second-order valence-corrected chi connectivity index (χ2v) is 4.90. The van der Waals surface area contributed by atoms with Gasteiger partial charge in [0, 0.05) is 30.8 Å². The van der Waals surface area contributed by atoms with Gasteiger partial charge in [0.15, 0.2) is 0 Å². The average Bonchev–Trinajstić information content (AvgIpc) is 2.45. The highest BCUT2D eigenvalue weighted by atomic mass is 16.5. The van der Waals surface area contributed by atoms with Crippen molar-refractivity contribution in [2.45, 2.75) is 19.6 Å². The fourth-order valence-corrected chi connectivity index (χ4v) is 2.40. The zero-order valence-corrected chi connectivity index (χ0v) is 12.1. The molecule has 4 nitrogen and oxygen atoms in total. The van der Waals surface area contributed by atoms with Crippen molar-refractivity contribution in [1.29, 1.82) is 0 Å². The molecule has 0 saturated carbocycles. The van der Waals surface area contributed by atoms with Gasteiger partial charge in [0.1, 0.15) is 12.4 Å². The maximum atomic E-state index is 8.77. The van der Waals surface area contributed by atoms with E-state index in [4.69, 9.17) is 14.6 Å². The minimum atomic E-state index is -0.123. The van der Waals surface area contributed by atoms with Gasteiger partial charge in [-0.15, -0.1) is 0 Å². The Morgan fingerprint density at radius 2 is 2.35 bits per heavy atom. The second-order valence-electron chi connectivity index (χ2n) is 4.90. The first-order chi connectivity index (χ1) is 9.72. The van der Waals surface area contributed by atoms with E-state index >= 15 is 0 Å². The highest BCUT2D eigenvalue weighted by Gasteiger charge is 2.18. The van der Waals surface area contributed by atoms with Crippen molar-refractivity contribution >= 4 is 0 Å². The fourth-order valence-electron chi connectivity index (χ4n) is 2.40. The van der Waals surface area contributed by atoms with E-state index in [1.165, 1.54) is 0 Å². The molecule has 108 valence electrons. The number of ether oxygens (including phenoxy) is 2. The van der Waals surface area contributed by atoms with Crippen LogP contribution in [-0.4, -0.2) is 49.5 Å². The first-order valence-corrected chi connectivity index (χ1v) is 6.83. The number of nitrogens with zero attached hydrogens (tertiary/aromatic N) is 1. The maximum absolute atomic E-state index is 8.77. The Hall–Kier alpha value is -1.54. The predicted octanol–water partition coefficient (Wildman–Crippen LogP) is 1.26. The number of rotatable bonds is 3. The van der Waals surface area contributed by atoms with Gasteiger partial charge in [-0.25, -0.2) is 0 Å². The number of morpholine rings is 1. The van der Waals surface area contributed by atoms with Crippen LogP contribution in [0.25, 0.3) is 0 Å². The Labute approximate surface area is 120 Å². The Balaban J connectivity index is 2.15. The lowest BCUT2D eigenvalue weighted by Crippen LogP contribution is -2.40. The van der Waals surface area contributed by atoms with Crippen LogP contribution in [0.1, 0.15) is 18.1 Å². The molecule has 0 spiro atoms. The van der Waals surface area contributed by atoms with Gasteiger partial charge in [0.2, 0.25) is 0 Å². The van der Waals surface area contributed by atoms with E-state index in [1.54, 1.807) is 7.11 Å². The topological polar surface area (TPSA) is 41.9 Å². The fraction of sp³-hybridized carbons (Fsp3) is 0.500. The molecule has 1 atom stereocenters. The standard InChI is InChI=1S/C16H21NO3/c1-13-11-17(7-9-20-13)12-15-10-14(4-3-8-18)5-6-16(15)19-2/h5-6,10,13,18H,7-9,11-12H2,1-2H3. The number of benzene rings is 1. The van der Waals surface area contributed by atoms with E-state index < -0.39 is 0 Å². The van der Waals surface area contributed by atoms with Gasteiger partial charge < -0.3 is 14.6 Å². The van der Waals surface area contributed by atoms with Crippen LogP contribution in [0.2, 0.25) is 0 Å². The summed E-state index contributed by atoms with van der Waals surface area (Å²) in [7, 11) is 1.68. The van der Waals surface area contributed by atoms with E-state index in [9.17, 15) is 0 Å². The molecule has 0 aromatic heterocycles. The van der Waals surface area contributed by atoms with Crippen molar-refractivity contribution in [3.8, 4) is 17.6 Å². The third kappa shape index (κ3) is 3.97. The zero-order chi connectivity index (χ0) is 14.4. The van der Waals surface area contributed by atoms with Crippen LogP contribution in [0.4, 0.5) is 0 Å². The normalized spacial score (nSPS) is 19.2. The summed E-state index contributed by atoms with van der Waals surface area (Å²) in [6, 6.07) is 5.87. The van der Waals surface area contributed by atoms with Crippen molar-refractivity contribution in [1.82, 2.24) is 4.90 Å². The predicted molar refractivity (Wildman–Crippen MR) is 77.6 cm³/mol. The van der Waals surface area contributed by atoms with Crippen LogP contribution in [0.5, 0.6) is 5.75 Å². The Kier molecular flexibility index (Phi) is 5.42. The molecule has 1 fully saturated rings. The summed E-state index contributed by atoms with van der Waals surface area (Å²) in [5, 5.41) is 8.77. The number of hydrogen-bond acceptors (Lipinski definition) is 4. The van der Waals surface area contributed by atoms with E-state index in [-0.39, 0.29) is 12.7 Å². The summed E-state index contributed by atoms with van der Waals surface area (Å²) in [6.07, 6.45) is 0.270. The molecular weight excluding hydrogens is 254 g/mol. The van der Waals surface area contributed by atoms with E-state index in [2.05, 4.69) is 23.7 Å². The van der Waals surface area contributed by atoms with Gasteiger partial charge in [-0.05, 0) is 25.1 Å². The number of aliphatic hydroxyl groups excluding tert-OH is 1. The molecule has 2 rings (SSSR count). The smallest absolute Gasteiger partial charge is 0.123 e. The summed E-state index contributed by atoms with van der Waals surface area (Å²) in [5.74, 6) is 6.48. The third-order valence-electron chi connectivity index (χ3n) is 3.31. The molecule has 1 heterocycles. The van der Waals surface area contributed by atoms with Crippen LogP contribution < -0.4 is 4.74 Å². The Bertz CT molecular complexity index is 504. The highest BCUT2D eigenvalue weighted by Crippen LogP contribution is 2.22. The molecule has 0 radical (unpaired) electrons. The first-order valence-electron chi connectivity index (χ1n) is 6.83. The number of hydrogen-bond donors (Lipinski definition) is 1. The lowest BCUT2D eigenvalue weighted by molar-refractivity contribution is -0.0213. The summed E-state index contributed by atoms with van der Waals surface area (Å²) in [4.78, 5) is 2.36. The Morgan fingerprint density at radius 3 is 3.05 bits per heavy atom. The molecule has 1 aromatic rings. The van der Waals surface area contributed by atoms with Crippen molar-refractivity contribution in [2.75, 3.05) is 33.4 Å². The molecular formula is C16H21NO3. The van der Waals surface area contributed by atoms with Crippen molar-refractivity contribution < 1.29 is 14.6 Å². The molecule has 1 N–H and O–H groups in total. The second kappa shape index (κ2) is 7.30.